The minimum atomic E-state index is -0.402. The standard InChI is InChI=1S/C26H23N5O3S/c1-16-11-12-18(13-17(16)2)27-23(32)15-30-26(33)31-22-10-5-4-9-21(22)28-25(24(31)29-30)35-20-8-6-7-19(14-20)34-3/h4-14H,15H2,1-3H3,(H,27,32). The number of benzene rings is 3. The summed E-state index contributed by atoms with van der Waals surface area (Å²) in [6.45, 7) is 3.78. The summed E-state index contributed by atoms with van der Waals surface area (Å²) >= 11 is 1.38. The maximum atomic E-state index is 13.4. The second-order valence-corrected chi connectivity index (χ2v) is 9.20. The van der Waals surface area contributed by atoms with Gasteiger partial charge in [0.1, 0.15) is 17.3 Å². The van der Waals surface area contributed by atoms with Crippen LogP contribution in [0.15, 0.2) is 81.4 Å². The minimum Gasteiger partial charge on any atom is -0.497 e. The Morgan fingerprint density at radius 2 is 1.86 bits per heavy atom. The molecule has 0 spiro atoms. The number of carbonyl (C=O) groups is 1. The third kappa shape index (κ3) is 4.50. The fourth-order valence-corrected chi connectivity index (χ4v) is 4.69. The number of rotatable bonds is 6. The monoisotopic (exact) mass is 485 g/mol. The first-order valence-electron chi connectivity index (χ1n) is 11.0. The van der Waals surface area contributed by atoms with Gasteiger partial charge in [-0.25, -0.2) is 18.9 Å². The summed E-state index contributed by atoms with van der Waals surface area (Å²) < 4.78 is 8.01. The lowest BCUT2D eigenvalue weighted by Gasteiger charge is -2.07. The Hall–Kier alpha value is -4.11. The highest BCUT2D eigenvalue weighted by Crippen LogP contribution is 2.32. The number of aryl methyl sites for hydroxylation is 2. The van der Waals surface area contributed by atoms with E-state index in [1.54, 1.807) is 7.11 Å². The van der Waals surface area contributed by atoms with Crippen molar-refractivity contribution in [3.8, 4) is 5.75 Å². The third-order valence-corrected chi connectivity index (χ3v) is 6.67. The highest BCUT2D eigenvalue weighted by molar-refractivity contribution is 7.99. The van der Waals surface area contributed by atoms with E-state index in [9.17, 15) is 9.59 Å². The summed E-state index contributed by atoms with van der Waals surface area (Å²) in [6.07, 6.45) is 0. The topological polar surface area (TPSA) is 90.5 Å². The normalized spacial score (nSPS) is 11.2. The highest BCUT2D eigenvalue weighted by atomic mass is 32.2. The Morgan fingerprint density at radius 1 is 1.03 bits per heavy atom. The molecule has 0 saturated carbocycles. The van der Waals surface area contributed by atoms with Crippen LogP contribution in [0.25, 0.3) is 16.7 Å². The summed E-state index contributed by atoms with van der Waals surface area (Å²) in [5, 5.41) is 7.92. The summed E-state index contributed by atoms with van der Waals surface area (Å²) in [5.41, 5.74) is 4.16. The van der Waals surface area contributed by atoms with E-state index < -0.39 is 5.69 Å². The van der Waals surface area contributed by atoms with E-state index in [4.69, 9.17) is 9.72 Å². The summed E-state index contributed by atoms with van der Waals surface area (Å²) in [4.78, 5) is 31.8. The molecule has 3 aromatic carbocycles. The molecule has 176 valence electrons. The number of amides is 1. The molecule has 2 aromatic heterocycles. The lowest BCUT2D eigenvalue weighted by atomic mass is 10.1. The molecule has 0 fully saturated rings. The van der Waals surface area contributed by atoms with Gasteiger partial charge < -0.3 is 10.1 Å². The van der Waals surface area contributed by atoms with Crippen molar-refractivity contribution in [2.45, 2.75) is 30.3 Å². The number of aromatic nitrogens is 4. The summed E-state index contributed by atoms with van der Waals surface area (Å²) in [7, 11) is 1.61. The van der Waals surface area contributed by atoms with Gasteiger partial charge >= 0.3 is 5.69 Å². The van der Waals surface area contributed by atoms with Gasteiger partial charge in [0.05, 0.1) is 18.1 Å². The number of nitrogens with one attached hydrogen (secondary N) is 1. The summed E-state index contributed by atoms with van der Waals surface area (Å²) in [6, 6.07) is 20.6. The Bertz CT molecular complexity index is 1640. The van der Waals surface area contributed by atoms with Crippen LogP contribution >= 0.6 is 11.8 Å². The molecule has 0 unspecified atom stereocenters. The quantitative estimate of drug-likeness (QED) is 0.382. The molecule has 35 heavy (non-hydrogen) atoms. The molecule has 8 nitrogen and oxygen atoms in total. The SMILES string of the molecule is COc1cccc(Sc2nc3ccccc3n3c(=O)n(CC(=O)Nc4ccc(C)c(C)c4)nc23)c1. The second kappa shape index (κ2) is 9.27. The molecule has 0 radical (unpaired) electrons. The fraction of sp³-hybridized carbons (Fsp3) is 0.154. The van der Waals surface area contributed by atoms with Crippen molar-refractivity contribution in [2.75, 3.05) is 12.4 Å². The van der Waals surface area contributed by atoms with Crippen molar-refractivity contribution in [3.63, 3.8) is 0 Å². The molecule has 0 aliphatic rings. The smallest absolute Gasteiger partial charge is 0.351 e. The minimum absolute atomic E-state index is 0.217. The van der Waals surface area contributed by atoms with E-state index in [-0.39, 0.29) is 12.5 Å². The Balaban J connectivity index is 1.54. The third-order valence-electron chi connectivity index (χ3n) is 5.72. The van der Waals surface area contributed by atoms with Crippen LogP contribution < -0.4 is 15.7 Å². The first kappa shape index (κ1) is 22.7. The van der Waals surface area contributed by atoms with Crippen LogP contribution in [-0.4, -0.2) is 32.2 Å². The van der Waals surface area contributed by atoms with Gasteiger partial charge in [0.2, 0.25) is 5.91 Å². The van der Waals surface area contributed by atoms with E-state index in [0.717, 1.165) is 21.8 Å². The molecule has 1 N–H and O–H groups in total. The first-order chi connectivity index (χ1) is 16.9. The van der Waals surface area contributed by atoms with Crippen molar-refractivity contribution in [3.05, 3.63) is 88.3 Å². The molecule has 0 bridgehead atoms. The van der Waals surface area contributed by atoms with Crippen LogP contribution in [0, 0.1) is 13.8 Å². The van der Waals surface area contributed by atoms with E-state index >= 15 is 0 Å². The van der Waals surface area contributed by atoms with Crippen molar-refractivity contribution in [1.82, 2.24) is 19.2 Å². The van der Waals surface area contributed by atoms with Crippen LogP contribution in [0.4, 0.5) is 5.69 Å². The Labute approximate surface area is 205 Å². The lowest BCUT2D eigenvalue weighted by molar-refractivity contribution is -0.117. The van der Waals surface area contributed by atoms with E-state index in [1.807, 2.05) is 80.6 Å². The zero-order valence-corrected chi connectivity index (χ0v) is 20.3. The van der Waals surface area contributed by atoms with Gasteiger partial charge in [0.15, 0.2) is 5.65 Å². The highest BCUT2D eigenvalue weighted by Gasteiger charge is 2.18. The average Bonchev–Trinajstić information content (AvgIpc) is 3.18. The van der Waals surface area contributed by atoms with Gasteiger partial charge in [-0.05, 0) is 67.4 Å². The number of hydrogen-bond donors (Lipinski definition) is 1. The zero-order valence-electron chi connectivity index (χ0n) is 19.5. The van der Waals surface area contributed by atoms with Crippen LogP contribution in [0.3, 0.4) is 0 Å². The first-order valence-corrected chi connectivity index (χ1v) is 11.8. The van der Waals surface area contributed by atoms with Crippen molar-refractivity contribution in [1.29, 1.82) is 0 Å². The van der Waals surface area contributed by atoms with Crippen LogP contribution in [-0.2, 0) is 11.3 Å². The molecule has 9 heteroatoms. The molecule has 0 saturated heterocycles. The van der Waals surface area contributed by atoms with Crippen molar-refractivity contribution in [2.24, 2.45) is 0 Å². The largest absolute Gasteiger partial charge is 0.497 e. The number of hydrogen-bond acceptors (Lipinski definition) is 6. The van der Waals surface area contributed by atoms with E-state index in [1.165, 1.54) is 20.8 Å². The Morgan fingerprint density at radius 3 is 2.66 bits per heavy atom. The number of nitrogens with zero attached hydrogens (tertiary/aromatic N) is 4. The number of anilines is 1. The van der Waals surface area contributed by atoms with Gasteiger partial charge in [-0.1, -0.05) is 36.0 Å². The van der Waals surface area contributed by atoms with Crippen LogP contribution in [0.2, 0.25) is 0 Å². The number of methoxy groups -OCH3 is 1. The maximum Gasteiger partial charge on any atom is 0.351 e. The molecular formula is C26H23N5O3S. The molecular weight excluding hydrogens is 462 g/mol. The molecule has 0 aliphatic carbocycles. The number of para-hydroxylation sites is 2. The number of carbonyl (C=O) groups excluding carboxylic acids is 1. The average molecular weight is 486 g/mol. The van der Waals surface area contributed by atoms with Crippen molar-refractivity contribution >= 4 is 40.0 Å². The molecule has 5 aromatic rings. The van der Waals surface area contributed by atoms with Crippen LogP contribution in [0.5, 0.6) is 5.75 Å². The van der Waals surface area contributed by atoms with Gasteiger partial charge in [0.25, 0.3) is 0 Å². The van der Waals surface area contributed by atoms with E-state index in [2.05, 4.69) is 10.4 Å². The molecule has 5 rings (SSSR count). The number of ether oxygens (including phenoxy) is 1. The summed E-state index contributed by atoms with van der Waals surface area (Å²) in [5.74, 6) is 0.385. The lowest BCUT2D eigenvalue weighted by Crippen LogP contribution is -2.28. The molecule has 2 heterocycles. The molecule has 1 amide bonds. The maximum absolute atomic E-state index is 13.4. The van der Waals surface area contributed by atoms with Crippen LogP contribution in [0.1, 0.15) is 11.1 Å². The zero-order chi connectivity index (χ0) is 24.5. The molecule has 0 aliphatic heterocycles. The predicted octanol–water partition coefficient (Wildman–Crippen LogP) is 4.46. The predicted molar refractivity (Wildman–Crippen MR) is 136 cm³/mol. The molecule has 0 atom stereocenters. The van der Waals surface area contributed by atoms with E-state index in [0.29, 0.717) is 27.4 Å². The van der Waals surface area contributed by atoms with Gasteiger partial charge in [-0.15, -0.1) is 5.10 Å². The van der Waals surface area contributed by atoms with Gasteiger partial charge in [-0.2, -0.15) is 0 Å². The fourth-order valence-electron chi connectivity index (χ4n) is 3.77. The van der Waals surface area contributed by atoms with Gasteiger partial charge in [-0.3, -0.25) is 4.79 Å². The Kier molecular flexibility index (Phi) is 6.00. The number of fused-ring (bicyclic) bond motifs is 3. The second-order valence-electron chi connectivity index (χ2n) is 8.13. The van der Waals surface area contributed by atoms with Crippen molar-refractivity contribution < 1.29 is 9.53 Å². The van der Waals surface area contributed by atoms with Gasteiger partial charge in [0, 0.05) is 10.6 Å².